The molecule has 0 amide bonds. The Morgan fingerprint density at radius 2 is 2.06 bits per heavy atom. The number of fused-ring (bicyclic) bond motifs is 1. The molecule has 3 rings (SSSR count). The highest BCUT2D eigenvalue weighted by molar-refractivity contribution is 5.39. The third kappa shape index (κ3) is 2.49. The molecule has 0 fully saturated rings. The summed E-state index contributed by atoms with van der Waals surface area (Å²) >= 11 is 0. The molecule has 0 aliphatic carbocycles. The van der Waals surface area contributed by atoms with Crippen LogP contribution in [-0.4, -0.2) is 16.7 Å². The molecule has 2 N–H and O–H groups in total. The first-order valence-corrected chi connectivity index (χ1v) is 6.26. The fourth-order valence-corrected chi connectivity index (χ4v) is 2.12. The van der Waals surface area contributed by atoms with Crippen molar-refractivity contribution in [3.8, 4) is 0 Å². The summed E-state index contributed by atoms with van der Waals surface area (Å²) < 4.78 is 0. The van der Waals surface area contributed by atoms with Crippen LogP contribution in [-0.2, 0) is 19.5 Å². The van der Waals surface area contributed by atoms with Crippen molar-refractivity contribution < 1.29 is 0 Å². The minimum Gasteiger partial charge on any atom is -0.364 e. The van der Waals surface area contributed by atoms with Gasteiger partial charge in [0.05, 0.1) is 5.69 Å². The van der Waals surface area contributed by atoms with Gasteiger partial charge in [-0.25, -0.2) is 0 Å². The third-order valence-electron chi connectivity index (χ3n) is 3.13. The lowest BCUT2D eigenvalue weighted by Gasteiger charge is -2.16. The summed E-state index contributed by atoms with van der Waals surface area (Å²) in [6, 6.07) is 12.4. The Hall–Kier alpha value is -1.94. The van der Waals surface area contributed by atoms with Crippen molar-refractivity contribution in [2.24, 2.45) is 0 Å². The number of rotatable bonds is 3. The van der Waals surface area contributed by atoms with E-state index in [2.05, 4.69) is 39.0 Å². The van der Waals surface area contributed by atoms with Gasteiger partial charge in [0, 0.05) is 26.1 Å². The molecule has 0 radical (unpaired) electrons. The summed E-state index contributed by atoms with van der Waals surface area (Å²) in [5.74, 6) is 0.848. The van der Waals surface area contributed by atoms with E-state index >= 15 is 0 Å². The second-order valence-electron chi connectivity index (χ2n) is 4.47. The van der Waals surface area contributed by atoms with Crippen LogP contribution in [0.1, 0.15) is 16.8 Å². The quantitative estimate of drug-likeness (QED) is 0.858. The Morgan fingerprint density at radius 1 is 1.17 bits per heavy atom. The summed E-state index contributed by atoms with van der Waals surface area (Å²) in [5, 5.41) is 15.2. The Balaban J connectivity index is 1.70. The van der Waals surface area contributed by atoms with Crippen molar-refractivity contribution in [1.82, 2.24) is 15.5 Å². The zero-order valence-corrected chi connectivity index (χ0v) is 10.2. The van der Waals surface area contributed by atoms with Gasteiger partial charge in [-0.2, -0.15) is 5.10 Å². The second kappa shape index (κ2) is 5.14. The standard InChI is InChI=1S/C14H16N4/c1-2-4-11(5-3-1)9-16-14-8-12-10-15-7-6-13(12)17-18-14/h1-5,8,15H,6-7,9-10H2,(H,16,18). The van der Waals surface area contributed by atoms with Crippen LogP contribution in [0.3, 0.4) is 0 Å². The number of hydrogen-bond donors (Lipinski definition) is 2. The maximum Gasteiger partial charge on any atom is 0.149 e. The van der Waals surface area contributed by atoms with Crippen LogP contribution in [0, 0.1) is 0 Å². The van der Waals surface area contributed by atoms with Gasteiger partial charge in [-0.15, -0.1) is 5.10 Å². The summed E-state index contributed by atoms with van der Waals surface area (Å²) in [6.07, 6.45) is 0.974. The lowest BCUT2D eigenvalue weighted by molar-refractivity contribution is 0.621. The molecule has 1 aliphatic rings. The maximum absolute atomic E-state index is 4.28. The van der Waals surface area contributed by atoms with Crippen LogP contribution in [0.4, 0.5) is 5.82 Å². The van der Waals surface area contributed by atoms with E-state index in [0.29, 0.717) is 0 Å². The molecule has 2 aromatic rings. The van der Waals surface area contributed by atoms with Crippen molar-refractivity contribution in [2.45, 2.75) is 19.5 Å². The molecular formula is C14H16N4. The van der Waals surface area contributed by atoms with Gasteiger partial charge in [0.25, 0.3) is 0 Å². The Kier molecular flexibility index (Phi) is 3.19. The zero-order valence-electron chi connectivity index (χ0n) is 10.2. The lowest BCUT2D eigenvalue weighted by Crippen LogP contribution is -2.25. The van der Waals surface area contributed by atoms with Gasteiger partial charge in [-0.1, -0.05) is 30.3 Å². The van der Waals surface area contributed by atoms with E-state index in [9.17, 15) is 0 Å². The fraction of sp³-hybridized carbons (Fsp3) is 0.286. The Bertz CT molecular complexity index is 525. The summed E-state index contributed by atoms with van der Waals surface area (Å²) in [7, 11) is 0. The number of aromatic nitrogens is 2. The van der Waals surface area contributed by atoms with Gasteiger partial charge in [0.1, 0.15) is 5.82 Å². The van der Waals surface area contributed by atoms with Crippen molar-refractivity contribution in [3.63, 3.8) is 0 Å². The average Bonchev–Trinajstić information content (AvgIpc) is 2.46. The van der Waals surface area contributed by atoms with Crippen LogP contribution in [0.25, 0.3) is 0 Å². The van der Waals surface area contributed by atoms with Crippen LogP contribution >= 0.6 is 0 Å². The highest BCUT2D eigenvalue weighted by atomic mass is 15.2. The number of hydrogen-bond acceptors (Lipinski definition) is 4. The molecule has 0 saturated carbocycles. The molecule has 1 aliphatic heterocycles. The summed E-state index contributed by atoms with van der Waals surface area (Å²) in [5.41, 5.74) is 3.63. The number of benzene rings is 1. The predicted octanol–water partition coefficient (Wildman–Crippen LogP) is 1.73. The predicted molar refractivity (Wildman–Crippen MR) is 71.2 cm³/mol. The Morgan fingerprint density at radius 3 is 2.94 bits per heavy atom. The molecule has 0 spiro atoms. The molecule has 4 heteroatoms. The normalized spacial score (nSPS) is 14.0. The van der Waals surface area contributed by atoms with Gasteiger partial charge >= 0.3 is 0 Å². The number of nitrogens with one attached hydrogen (secondary N) is 2. The van der Waals surface area contributed by atoms with Crippen LogP contribution < -0.4 is 10.6 Å². The smallest absolute Gasteiger partial charge is 0.149 e. The van der Waals surface area contributed by atoms with Crippen LogP contribution in [0.2, 0.25) is 0 Å². The Labute approximate surface area is 106 Å². The molecule has 18 heavy (non-hydrogen) atoms. The molecule has 0 bridgehead atoms. The summed E-state index contributed by atoms with van der Waals surface area (Å²) in [4.78, 5) is 0. The van der Waals surface area contributed by atoms with Crippen LogP contribution in [0.5, 0.6) is 0 Å². The van der Waals surface area contributed by atoms with E-state index in [0.717, 1.165) is 37.6 Å². The SMILES string of the molecule is c1ccc(CNc2cc3c(nn2)CCNC3)cc1. The van der Waals surface area contributed by atoms with Crippen LogP contribution in [0.15, 0.2) is 36.4 Å². The third-order valence-corrected chi connectivity index (χ3v) is 3.13. The van der Waals surface area contributed by atoms with Gasteiger partial charge in [-0.3, -0.25) is 0 Å². The minimum absolute atomic E-state index is 0.779. The molecule has 4 nitrogen and oxygen atoms in total. The number of anilines is 1. The molecule has 2 heterocycles. The lowest BCUT2D eigenvalue weighted by atomic mass is 10.1. The van der Waals surface area contributed by atoms with E-state index in [4.69, 9.17) is 0 Å². The average molecular weight is 240 g/mol. The first-order chi connectivity index (χ1) is 8.92. The van der Waals surface area contributed by atoms with E-state index in [1.54, 1.807) is 0 Å². The molecule has 0 atom stereocenters. The number of nitrogens with zero attached hydrogens (tertiary/aromatic N) is 2. The first-order valence-electron chi connectivity index (χ1n) is 6.26. The first kappa shape index (κ1) is 11.2. The molecular weight excluding hydrogens is 224 g/mol. The molecule has 1 aromatic heterocycles. The van der Waals surface area contributed by atoms with E-state index in [1.807, 2.05) is 18.2 Å². The second-order valence-corrected chi connectivity index (χ2v) is 4.47. The highest BCUT2D eigenvalue weighted by Gasteiger charge is 2.11. The van der Waals surface area contributed by atoms with Gasteiger partial charge in [0.15, 0.2) is 0 Å². The monoisotopic (exact) mass is 240 g/mol. The zero-order chi connectivity index (χ0) is 12.2. The molecule has 1 aromatic carbocycles. The maximum atomic E-state index is 4.28. The highest BCUT2D eigenvalue weighted by Crippen LogP contribution is 2.14. The molecule has 92 valence electrons. The van der Waals surface area contributed by atoms with Gasteiger partial charge in [-0.05, 0) is 17.2 Å². The van der Waals surface area contributed by atoms with Crippen molar-refractivity contribution >= 4 is 5.82 Å². The van der Waals surface area contributed by atoms with Crippen molar-refractivity contribution in [1.29, 1.82) is 0 Å². The molecule has 0 saturated heterocycles. The van der Waals surface area contributed by atoms with Crippen molar-refractivity contribution in [3.05, 3.63) is 53.2 Å². The molecule has 0 unspecified atom stereocenters. The van der Waals surface area contributed by atoms with E-state index in [-0.39, 0.29) is 0 Å². The van der Waals surface area contributed by atoms with Crippen molar-refractivity contribution in [2.75, 3.05) is 11.9 Å². The van der Waals surface area contributed by atoms with E-state index < -0.39 is 0 Å². The largest absolute Gasteiger partial charge is 0.364 e. The summed E-state index contributed by atoms with van der Waals surface area (Å²) in [6.45, 7) is 2.67. The topological polar surface area (TPSA) is 49.8 Å². The van der Waals surface area contributed by atoms with E-state index in [1.165, 1.54) is 11.1 Å². The van der Waals surface area contributed by atoms with Gasteiger partial charge in [0.2, 0.25) is 0 Å². The minimum atomic E-state index is 0.779. The fourth-order valence-electron chi connectivity index (χ4n) is 2.12. The van der Waals surface area contributed by atoms with Gasteiger partial charge < -0.3 is 10.6 Å².